The van der Waals surface area contributed by atoms with E-state index in [1.54, 1.807) is 0 Å². The average Bonchev–Trinajstić information content (AvgIpc) is 2.74. The molecule has 0 bridgehead atoms. The molecule has 104 valence electrons. The molecule has 1 aliphatic carbocycles. The summed E-state index contributed by atoms with van der Waals surface area (Å²) in [6.07, 6.45) is 3.83. The molecule has 0 heterocycles. The molecule has 0 amide bonds. The Hall–Kier alpha value is -1.55. The van der Waals surface area contributed by atoms with Gasteiger partial charge in [0.2, 0.25) is 0 Å². The van der Waals surface area contributed by atoms with Gasteiger partial charge < -0.3 is 16.3 Å². The van der Waals surface area contributed by atoms with Gasteiger partial charge >= 0.3 is 0 Å². The molecule has 0 spiro atoms. The van der Waals surface area contributed by atoms with E-state index in [1.807, 2.05) is 18.2 Å². The molecule has 0 saturated heterocycles. The molecule has 4 N–H and O–H groups in total. The number of nitrogens with two attached hydrogens (primary N) is 1. The van der Waals surface area contributed by atoms with Gasteiger partial charge in [0.05, 0.1) is 0 Å². The first-order valence-corrected chi connectivity index (χ1v) is 6.83. The lowest BCUT2D eigenvalue weighted by atomic mass is 9.87. The molecule has 1 atom stereocenters. The maximum atomic E-state index is 8.70. The van der Waals surface area contributed by atoms with Gasteiger partial charge in [-0.3, -0.25) is 0 Å². The summed E-state index contributed by atoms with van der Waals surface area (Å²) in [5.74, 6) is 0.156. The van der Waals surface area contributed by atoms with Crippen LogP contribution in [-0.4, -0.2) is 17.1 Å². The molecular weight excluding hydrogens is 238 g/mol. The summed E-state index contributed by atoms with van der Waals surface area (Å²) in [7, 11) is 0. The highest BCUT2D eigenvalue weighted by atomic mass is 16.4. The Labute approximate surface area is 114 Å². The lowest BCUT2D eigenvalue weighted by Gasteiger charge is -2.28. The van der Waals surface area contributed by atoms with Crippen molar-refractivity contribution >= 4 is 5.84 Å². The minimum Gasteiger partial charge on any atom is -0.409 e. The van der Waals surface area contributed by atoms with Crippen molar-refractivity contribution in [3.05, 3.63) is 35.4 Å². The monoisotopic (exact) mass is 261 g/mol. The maximum absolute atomic E-state index is 8.70. The number of nitrogens with zero attached hydrogens (tertiary/aromatic N) is 1. The largest absolute Gasteiger partial charge is 0.409 e. The third-order valence-corrected chi connectivity index (χ3v) is 4.14. The summed E-state index contributed by atoms with van der Waals surface area (Å²) in [5.41, 5.74) is 7.90. The van der Waals surface area contributed by atoms with E-state index in [4.69, 9.17) is 10.9 Å². The molecule has 0 radical (unpaired) electrons. The fourth-order valence-electron chi connectivity index (χ4n) is 2.84. The first-order valence-electron chi connectivity index (χ1n) is 6.83. The molecule has 1 fully saturated rings. The second-order valence-electron chi connectivity index (χ2n) is 6.00. The first-order chi connectivity index (χ1) is 9.03. The van der Waals surface area contributed by atoms with Crippen molar-refractivity contribution in [3.8, 4) is 0 Å². The van der Waals surface area contributed by atoms with Crippen LogP contribution in [0.15, 0.2) is 29.4 Å². The van der Waals surface area contributed by atoms with Crippen LogP contribution in [0.3, 0.4) is 0 Å². The molecule has 1 unspecified atom stereocenters. The number of nitrogens with one attached hydrogen (secondary N) is 1. The molecule has 4 heteroatoms. The van der Waals surface area contributed by atoms with Crippen molar-refractivity contribution < 1.29 is 5.21 Å². The van der Waals surface area contributed by atoms with E-state index < -0.39 is 0 Å². The quantitative estimate of drug-likeness (QED) is 0.337. The van der Waals surface area contributed by atoms with Crippen molar-refractivity contribution in [2.75, 3.05) is 0 Å². The molecular formula is C15H23N3O. The third kappa shape index (κ3) is 3.26. The zero-order valence-electron chi connectivity index (χ0n) is 11.7. The third-order valence-electron chi connectivity index (χ3n) is 4.14. The number of hydrogen-bond donors (Lipinski definition) is 3. The topological polar surface area (TPSA) is 70.6 Å². The van der Waals surface area contributed by atoms with E-state index in [9.17, 15) is 0 Å². The first kappa shape index (κ1) is 13.9. The summed E-state index contributed by atoms with van der Waals surface area (Å²) in [6.45, 7) is 5.47. The van der Waals surface area contributed by atoms with Gasteiger partial charge in [0.1, 0.15) is 0 Å². The number of amidine groups is 1. The molecule has 1 saturated carbocycles. The van der Waals surface area contributed by atoms with Crippen LogP contribution in [0.2, 0.25) is 0 Å². The van der Waals surface area contributed by atoms with Crippen LogP contribution in [0.5, 0.6) is 0 Å². The lowest BCUT2D eigenvalue weighted by Crippen LogP contribution is -2.37. The highest BCUT2D eigenvalue weighted by molar-refractivity contribution is 5.97. The smallest absolute Gasteiger partial charge is 0.170 e. The number of hydrogen-bond acceptors (Lipinski definition) is 3. The summed E-state index contributed by atoms with van der Waals surface area (Å²) in [5, 5.41) is 15.4. The van der Waals surface area contributed by atoms with Gasteiger partial charge in [-0.05, 0) is 29.9 Å². The standard InChI is InChI=1S/C15H23N3O/c1-15(2)8-4-7-13(15)17-10-11-5-3-6-12(9-11)14(16)18-19/h3,5-6,9,13,17,19H,4,7-8,10H2,1-2H3,(H2,16,18). The van der Waals surface area contributed by atoms with Gasteiger partial charge in [-0.25, -0.2) is 0 Å². The predicted octanol–water partition coefficient (Wildman–Crippen LogP) is 2.45. The lowest BCUT2D eigenvalue weighted by molar-refractivity contribution is 0.282. The normalized spacial score (nSPS) is 22.6. The van der Waals surface area contributed by atoms with Crippen LogP contribution in [-0.2, 0) is 6.54 Å². The molecule has 1 aromatic rings. The Morgan fingerprint density at radius 1 is 1.53 bits per heavy atom. The summed E-state index contributed by atoms with van der Waals surface area (Å²) >= 11 is 0. The van der Waals surface area contributed by atoms with Gasteiger partial charge in [-0.15, -0.1) is 0 Å². The number of oxime groups is 1. The van der Waals surface area contributed by atoms with E-state index >= 15 is 0 Å². The second-order valence-corrected chi connectivity index (χ2v) is 6.00. The Bertz CT molecular complexity index is 468. The summed E-state index contributed by atoms with van der Waals surface area (Å²) in [4.78, 5) is 0. The molecule has 0 aromatic heterocycles. The second kappa shape index (κ2) is 5.61. The van der Waals surface area contributed by atoms with Gasteiger partial charge in [0.25, 0.3) is 0 Å². The Kier molecular flexibility index (Phi) is 4.10. The van der Waals surface area contributed by atoms with Crippen molar-refractivity contribution in [3.63, 3.8) is 0 Å². The number of rotatable bonds is 4. The predicted molar refractivity (Wildman–Crippen MR) is 77.2 cm³/mol. The fraction of sp³-hybridized carbons (Fsp3) is 0.533. The average molecular weight is 261 g/mol. The van der Waals surface area contributed by atoms with Crippen molar-refractivity contribution in [2.24, 2.45) is 16.3 Å². The highest BCUT2D eigenvalue weighted by Gasteiger charge is 2.33. The SMILES string of the molecule is CC1(C)CCCC1NCc1cccc(C(N)=NO)c1. The zero-order valence-corrected chi connectivity index (χ0v) is 11.7. The van der Waals surface area contributed by atoms with E-state index in [0.717, 1.165) is 17.7 Å². The van der Waals surface area contributed by atoms with E-state index in [-0.39, 0.29) is 5.84 Å². The highest BCUT2D eigenvalue weighted by Crippen LogP contribution is 2.37. The maximum Gasteiger partial charge on any atom is 0.170 e. The minimum atomic E-state index is 0.156. The van der Waals surface area contributed by atoms with Gasteiger partial charge in [0.15, 0.2) is 5.84 Å². The Balaban J connectivity index is 2.00. The summed E-state index contributed by atoms with van der Waals surface area (Å²) in [6, 6.07) is 8.37. The molecule has 1 aromatic carbocycles. The van der Waals surface area contributed by atoms with Crippen LogP contribution < -0.4 is 11.1 Å². The Morgan fingerprint density at radius 2 is 2.32 bits per heavy atom. The molecule has 1 aliphatic rings. The van der Waals surface area contributed by atoms with Crippen LogP contribution in [0.4, 0.5) is 0 Å². The minimum absolute atomic E-state index is 0.156. The van der Waals surface area contributed by atoms with E-state index in [1.165, 1.54) is 19.3 Å². The fourth-order valence-corrected chi connectivity index (χ4v) is 2.84. The molecule has 4 nitrogen and oxygen atoms in total. The molecule has 0 aliphatic heterocycles. The van der Waals surface area contributed by atoms with Gasteiger partial charge in [0, 0.05) is 18.2 Å². The van der Waals surface area contributed by atoms with Crippen LogP contribution in [0.25, 0.3) is 0 Å². The zero-order chi connectivity index (χ0) is 13.9. The van der Waals surface area contributed by atoms with Crippen LogP contribution in [0.1, 0.15) is 44.2 Å². The van der Waals surface area contributed by atoms with Crippen molar-refractivity contribution in [1.82, 2.24) is 5.32 Å². The molecule has 2 rings (SSSR count). The summed E-state index contributed by atoms with van der Waals surface area (Å²) < 4.78 is 0. The van der Waals surface area contributed by atoms with Crippen LogP contribution in [0, 0.1) is 5.41 Å². The van der Waals surface area contributed by atoms with E-state index in [2.05, 4.69) is 30.4 Å². The van der Waals surface area contributed by atoms with E-state index in [0.29, 0.717) is 11.5 Å². The van der Waals surface area contributed by atoms with Crippen molar-refractivity contribution in [1.29, 1.82) is 0 Å². The van der Waals surface area contributed by atoms with Gasteiger partial charge in [-0.2, -0.15) is 0 Å². The van der Waals surface area contributed by atoms with Crippen LogP contribution >= 0.6 is 0 Å². The number of benzene rings is 1. The van der Waals surface area contributed by atoms with Gasteiger partial charge in [-0.1, -0.05) is 43.6 Å². The van der Waals surface area contributed by atoms with Crippen molar-refractivity contribution in [2.45, 2.75) is 45.7 Å². The Morgan fingerprint density at radius 3 is 2.95 bits per heavy atom. The molecule has 19 heavy (non-hydrogen) atoms.